The van der Waals surface area contributed by atoms with Crippen LogP contribution >= 0.6 is 11.3 Å². The third kappa shape index (κ3) is 5.83. The zero-order valence-electron chi connectivity index (χ0n) is 19.0. The van der Waals surface area contributed by atoms with E-state index in [1.54, 1.807) is 11.3 Å². The lowest BCUT2D eigenvalue weighted by Crippen LogP contribution is -2.24. The van der Waals surface area contributed by atoms with Crippen molar-refractivity contribution in [1.82, 2.24) is 0 Å². The van der Waals surface area contributed by atoms with E-state index in [1.165, 1.54) is 5.56 Å². The number of thiophene rings is 1. The van der Waals surface area contributed by atoms with Crippen LogP contribution in [0.4, 0.5) is 5.69 Å². The van der Waals surface area contributed by atoms with Crippen molar-refractivity contribution in [2.24, 2.45) is 0 Å². The first-order valence-electron chi connectivity index (χ1n) is 11.3. The average molecular weight is 464 g/mol. The molecule has 0 spiro atoms. The van der Waals surface area contributed by atoms with E-state index >= 15 is 0 Å². The number of carbonyl (C=O) groups is 1. The van der Waals surface area contributed by atoms with Gasteiger partial charge in [0, 0.05) is 24.4 Å². The molecule has 0 radical (unpaired) electrons. The number of benzene rings is 2. The van der Waals surface area contributed by atoms with Crippen LogP contribution in [0.1, 0.15) is 37.8 Å². The van der Waals surface area contributed by atoms with Gasteiger partial charge >= 0.3 is 5.97 Å². The van der Waals surface area contributed by atoms with Crippen molar-refractivity contribution >= 4 is 29.1 Å². The third-order valence-corrected chi connectivity index (χ3v) is 6.36. The molecule has 33 heavy (non-hydrogen) atoms. The number of aliphatic carboxylic acids is 1. The van der Waals surface area contributed by atoms with Crippen LogP contribution < -0.4 is 9.64 Å². The van der Waals surface area contributed by atoms with Crippen LogP contribution in [0.25, 0.3) is 17.2 Å². The molecule has 1 N–H and O–H groups in total. The number of rotatable bonds is 9. The van der Waals surface area contributed by atoms with E-state index in [0.717, 1.165) is 41.1 Å². The number of carboxylic acid groups (broad SMARTS) is 1. The van der Waals surface area contributed by atoms with Gasteiger partial charge in [-0.2, -0.15) is 11.3 Å². The fourth-order valence-electron chi connectivity index (χ4n) is 3.94. The first-order valence-corrected chi connectivity index (χ1v) is 12.2. The smallest absolute Gasteiger partial charge is 0.331 e. The number of carboxylic acids is 1. The van der Waals surface area contributed by atoms with E-state index in [9.17, 15) is 9.90 Å². The quantitative estimate of drug-likeness (QED) is 0.370. The number of hydrogen-bond acceptors (Lipinski definition) is 5. The summed E-state index contributed by atoms with van der Waals surface area (Å²) in [5.41, 5.74) is 5.75. The molecule has 1 aliphatic rings. The van der Waals surface area contributed by atoms with Crippen LogP contribution in [0.2, 0.25) is 0 Å². The molecule has 172 valence electrons. The summed E-state index contributed by atoms with van der Waals surface area (Å²) in [5, 5.41) is 13.9. The van der Waals surface area contributed by atoms with Crippen LogP contribution in [0.3, 0.4) is 0 Å². The summed E-state index contributed by atoms with van der Waals surface area (Å²) in [4.78, 5) is 14.0. The largest absolute Gasteiger partial charge is 0.478 e. The normalized spacial score (nSPS) is 14.2. The van der Waals surface area contributed by atoms with Gasteiger partial charge in [-0.1, -0.05) is 25.1 Å². The maximum atomic E-state index is 11.8. The Hall–Kier alpha value is -3.09. The molecule has 5 nitrogen and oxygen atoms in total. The highest BCUT2D eigenvalue weighted by Crippen LogP contribution is 2.34. The Kier molecular flexibility index (Phi) is 7.47. The molecular weight excluding hydrogens is 434 g/mol. The minimum absolute atomic E-state index is 0.294. The standard InChI is InChI=1S/C27H29NO4S/c1-3-13-31-19(2)32-25-7-4-21(5-8-25)22-6-9-26-24(15-22)16-23(27(29)30)10-12-28(26)17-20-11-14-33-18-20/h4-9,11,14-16,18-19H,3,10,12-13,17H2,1-2H3,(H,29,30). The molecule has 1 aromatic heterocycles. The first kappa shape index (κ1) is 23.1. The van der Waals surface area contributed by atoms with Gasteiger partial charge in [-0.25, -0.2) is 4.79 Å². The highest BCUT2D eigenvalue weighted by Gasteiger charge is 2.20. The van der Waals surface area contributed by atoms with E-state index in [4.69, 9.17) is 9.47 Å². The number of hydrogen-bond donors (Lipinski definition) is 1. The second-order valence-corrected chi connectivity index (χ2v) is 8.91. The molecule has 0 saturated carbocycles. The van der Waals surface area contributed by atoms with Crippen LogP contribution in [0.15, 0.2) is 64.9 Å². The van der Waals surface area contributed by atoms with Crippen molar-refractivity contribution in [3.8, 4) is 16.9 Å². The predicted molar refractivity (Wildman–Crippen MR) is 134 cm³/mol. The molecule has 0 amide bonds. The Morgan fingerprint density at radius 1 is 1.15 bits per heavy atom. The summed E-state index contributed by atoms with van der Waals surface area (Å²) < 4.78 is 11.4. The Balaban J connectivity index is 1.59. The second kappa shape index (κ2) is 10.7. The SMILES string of the molecule is CCCOC(C)Oc1ccc(-c2ccc3c(c2)C=C(C(=O)O)CCN3Cc2ccsc2)cc1. The summed E-state index contributed by atoms with van der Waals surface area (Å²) in [7, 11) is 0. The molecule has 6 heteroatoms. The molecule has 0 aliphatic carbocycles. The Morgan fingerprint density at radius 2 is 1.94 bits per heavy atom. The van der Waals surface area contributed by atoms with Gasteiger partial charge in [0.25, 0.3) is 0 Å². The zero-order chi connectivity index (χ0) is 23.2. The van der Waals surface area contributed by atoms with E-state index in [2.05, 4.69) is 46.8 Å². The summed E-state index contributed by atoms with van der Waals surface area (Å²) in [5.74, 6) is -0.100. The highest BCUT2D eigenvalue weighted by atomic mass is 32.1. The van der Waals surface area contributed by atoms with Gasteiger partial charge in [-0.15, -0.1) is 0 Å². The van der Waals surface area contributed by atoms with E-state index in [0.29, 0.717) is 25.1 Å². The molecule has 0 fully saturated rings. The van der Waals surface area contributed by atoms with E-state index < -0.39 is 5.97 Å². The number of fused-ring (bicyclic) bond motifs is 1. The number of anilines is 1. The Labute approximate surface area is 198 Å². The molecule has 1 atom stereocenters. The van der Waals surface area contributed by atoms with Gasteiger partial charge in [0.05, 0.1) is 6.61 Å². The van der Waals surface area contributed by atoms with Crippen LogP contribution in [0, 0.1) is 0 Å². The molecule has 2 heterocycles. The van der Waals surface area contributed by atoms with Crippen molar-refractivity contribution < 1.29 is 19.4 Å². The molecule has 0 bridgehead atoms. The molecule has 1 unspecified atom stereocenters. The fraction of sp³-hybridized carbons (Fsp3) is 0.296. The average Bonchev–Trinajstić information content (AvgIpc) is 3.26. The zero-order valence-corrected chi connectivity index (χ0v) is 19.8. The number of ether oxygens (including phenoxy) is 2. The topological polar surface area (TPSA) is 59.0 Å². The summed E-state index contributed by atoms with van der Waals surface area (Å²) in [6.45, 7) is 6.07. The van der Waals surface area contributed by atoms with Crippen LogP contribution in [0.5, 0.6) is 5.75 Å². The molecule has 0 saturated heterocycles. The summed E-state index contributed by atoms with van der Waals surface area (Å²) in [6.07, 6.45) is 2.98. The van der Waals surface area contributed by atoms with Gasteiger partial charge in [0.15, 0.2) is 6.29 Å². The van der Waals surface area contributed by atoms with Gasteiger partial charge in [0.1, 0.15) is 5.75 Å². The van der Waals surface area contributed by atoms with Crippen molar-refractivity contribution in [2.75, 3.05) is 18.1 Å². The lowest BCUT2D eigenvalue weighted by Gasteiger charge is -2.25. The minimum atomic E-state index is -0.857. The van der Waals surface area contributed by atoms with Crippen molar-refractivity contribution in [3.05, 3.63) is 76.0 Å². The van der Waals surface area contributed by atoms with Crippen molar-refractivity contribution in [3.63, 3.8) is 0 Å². The second-order valence-electron chi connectivity index (χ2n) is 8.13. The molecule has 4 rings (SSSR count). The first-order chi connectivity index (χ1) is 16.0. The van der Waals surface area contributed by atoms with Gasteiger partial charge < -0.3 is 19.5 Å². The molecule has 3 aromatic rings. The predicted octanol–water partition coefficient (Wildman–Crippen LogP) is 6.44. The molecular formula is C27H29NO4S. The van der Waals surface area contributed by atoms with Gasteiger partial charge in [-0.05, 0) is 89.2 Å². The summed E-state index contributed by atoms with van der Waals surface area (Å²) >= 11 is 1.68. The number of nitrogens with zero attached hydrogens (tertiary/aromatic N) is 1. The third-order valence-electron chi connectivity index (χ3n) is 5.62. The van der Waals surface area contributed by atoms with Crippen molar-refractivity contribution in [2.45, 2.75) is 39.5 Å². The lowest BCUT2D eigenvalue weighted by molar-refractivity contribution is -0.132. The molecule has 1 aliphatic heterocycles. The fourth-order valence-corrected chi connectivity index (χ4v) is 4.60. The Morgan fingerprint density at radius 3 is 2.64 bits per heavy atom. The van der Waals surface area contributed by atoms with Gasteiger partial charge in [-0.3, -0.25) is 0 Å². The van der Waals surface area contributed by atoms with Crippen LogP contribution in [-0.2, 0) is 16.1 Å². The maximum Gasteiger partial charge on any atom is 0.331 e. The van der Waals surface area contributed by atoms with Crippen LogP contribution in [-0.4, -0.2) is 30.5 Å². The lowest BCUT2D eigenvalue weighted by atomic mass is 10.00. The van der Waals surface area contributed by atoms with Gasteiger partial charge in [0.2, 0.25) is 0 Å². The maximum absolute atomic E-state index is 11.8. The van der Waals surface area contributed by atoms with E-state index in [1.807, 2.05) is 37.3 Å². The monoisotopic (exact) mass is 463 g/mol. The molecule has 2 aromatic carbocycles. The Bertz CT molecular complexity index is 1110. The van der Waals surface area contributed by atoms with Crippen molar-refractivity contribution in [1.29, 1.82) is 0 Å². The highest BCUT2D eigenvalue weighted by molar-refractivity contribution is 7.07. The van der Waals surface area contributed by atoms with E-state index in [-0.39, 0.29) is 6.29 Å². The minimum Gasteiger partial charge on any atom is -0.478 e. The summed E-state index contributed by atoms with van der Waals surface area (Å²) in [6, 6.07) is 16.3.